The van der Waals surface area contributed by atoms with E-state index in [0.29, 0.717) is 17.8 Å². The van der Waals surface area contributed by atoms with Crippen molar-refractivity contribution in [2.75, 3.05) is 13.2 Å². The molecule has 0 N–H and O–H groups in total. The Morgan fingerprint density at radius 1 is 1.11 bits per heavy atom. The molecule has 6 nitrogen and oxygen atoms in total. The molecule has 7 heteroatoms. The number of rotatable bonds is 7. The van der Waals surface area contributed by atoms with Gasteiger partial charge in [-0.2, -0.15) is 5.10 Å². The predicted octanol–water partition coefficient (Wildman–Crippen LogP) is 3.20. The largest absolute Gasteiger partial charge is 0.455 e. The highest BCUT2D eigenvalue weighted by Crippen LogP contribution is 2.18. The molecule has 0 bridgehead atoms. The van der Waals surface area contributed by atoms with Gasteiger partial charge in [0.25, 0.3) is 5.91 Å². The molecule has 0 spiro atoms. The topological polar surface area (TPSA) is 76.0 Å². The van der Waals surface area contributed by atoms with Crippen molar-refractivity contribution in [3.63, 3.8) is 0 Å². The maximum atomic E-state index is 12.2. The van der Waals surface area contributed by atoms with E-state index < -0.39 is 5.97 Å². The first-order valence-electron chi connectivity index (χ1n) is 8.71. The summed E-state index contributed by atoms with van der Waals surface area (Å²) in [5, 5.41) is 5.64. The third kappa shape index (κ3) is 5.10. The number of aryl methyl sites for hydroxylation is 1. The average molecular weight is 384 g/mol. The molecule has 1 aliphatic heterocycles. The fourth-order valence-electron chi connectivity index (χ4n) is 2.68. The van der Waals surface area contributed by atoms with Crippen molar-refractivity contribution in [2.45, 2.75) is 26.2 Å². The molecule has 0 fully saturated rings. The second kappa shape index (κ2) is 8.73. The standard InChI is InChI=1S/C20H20N2O4S/c1-14-7-9-18(27-14)17(23)8-10-20(25)26-13-19(24)22-12-11-16(21-22)15-5-3-2-4-6-15/h2-7,9H,8,10-13H2,1H3. The van der Waals surface area contributed by atoms with Gasteiger partial charge >= 0.3 is 5.97 Å². The number of Topliss-reactive ketones (excluding diaryl/α,β-unsaturated/α-hetero) is 1. The molecule has 1 amide bonds. The quantitative estimate of drug-likeness (QED) is 0.543. The van der Waals surface area contributed by atoms with Crippen LogP contribution in [0.15, 0.2) is 47.6 Å². The van der Waals surface area contributed by atoms with Crippen LogP contribution in [0.2, 0.25) is 0 Å². The lowest BCUT2D eigenvalue weighted by molar-refractivity contribution is -0.151. The molecule has 0 unspecified atom stereocenters. The summed E-state index contributed by atoms with van der Waals surface area (Å²) in [6, 6.07) is 13.3. The number of nitrogens with zero attached hydrogens (tertiary/aromatic N) is 2. The van der Waals surface area contributed by atoms with E-state index in [9.17, 15) is 14.4 Å². The summed E-state index contributed by atoms with van der Waals surface area (Å²) in [7, 11) is 0. The highest BCUT2D eigenvalue weighted by atomic mass is 32.1. The first kappa shape index (κ1) is 19.0. The summed E-state index contributed by atoms with van der Waals surface area (Å²) in [4.78, 5) is 37.7. The third-order valence-electron chi connectivity index (χ3n) is 4.12. The molecule has 27 heavy (non-hydrogen) atoms. The minimum Gasteiger partial charge on any atom is -0.455 e. The Morgan fingerprint density at radius 2 is 1.89 bits per heavy atom. The Morgan fingerprint density at radius 3 is 2.59 bits per heavy atom. The Hall–Kier alpha value is -2.80. The van der Waals surface area contributed by atoms with Gasteiger partial charge in [0.1, 0.15) is 0 Å². The minimum absolute atomic E-state index is 0.0401. The molecular formula is C20H20N2O4S. The highest BCUT2D eigenvalue weighted by Gasteiger charge is 2.22. The molecule has 1 aliphatic rings. The lowest BCUT2D eigenvalue weighted by Gasteiger charge is -2.11. The van der Waals surface area contributed by atoms with Crippen LogP contribution in [0.3, 0.4) is 0 Å². The van der Waals surface area contributed by atoms with E-state index in [1.165, 1.54) is 16.3 Å². The maximum absolute atomic E-state index is 12.2. The molecular weight excluding hydrogens is 364 g/mol. The molecule has 0 saturated heterocycles. The van der Waals surface area contributed by atoms with Gasteiger partial charge in [0.15, 0.2) is 12.4 Å². The van der Waals surface area contributed by atoms with Gasteiger partial charge in [0, 0.05) is 17.7 Å². The van der Waals surface area contributed by atoms with Crippen LogP contribution in [0, 0.1) is 6.92 Å². The molecule has 2 aromatic rings. The number of thiophene rings is 1. The van der Waals surface area contributed by atoms with Crippen LogP contribution in [0.1, 0.15) is 39.4 Å². The van der Waals surface area contributed by atoms with Crippen LogP contribution in [0.5, 0.6) is 0 Å². The van der Waals surface area contributed by atoms with Crippen LogP contribution < -0.4 is 0 Å². The Bertz CT molecular complexity index is 873. The summed E-state index contributed by atoms with van der Waals surface area (Å²) < 4.78 is 5.00. The van der Waals surface area contributed by atoms with Crippen LogP contribution in [-0.2, 0) is 14.3 Å². The lowest BCUT2D eigenvalue weighted by atomic mass is 10.1. The van der Waals surface area contributed by atoms with E-state index in [0.717, 1.165) is 16.2 Å². The normalized spacial score (nSPS) is 13.4. The van der Waals surface area contributed by atoms with Crippen LogP contribution >= 0.6 is 11.3 Å². The molecule has 3 rings (SSSR count). The van der Waals surface area contributed by atoms with Crippen molar-refractivity contribution in [2.24, 2.45) is 5.10 Å². The second-order valence-electron chi connectivity index (χ2n) is 6.17. The van der Waals surface area contributed by atoms with E-state index in [2.05, 4.69) is 5.10 Å². The molecule has 0 radical (unpaired) electrons. The number of benzene rings is 1. The number of hydrogen-bond acceptors (Lipinski definition) is 6. The minimum atomic E-state index is -0.559. The number of esters is 1. The van der Waals surface area contributed by atoms with Crippen molar-refractivity contribution in [3.8, 4) is 0 Å². The van der Waals surface area contributed by atoms with E-state index in [1.54, 1.807) is 6.07 Å². The van der Waals surface area contributed by atoms with Crippen LogP contribution in [0.25, 0.3) is 0 Å². The zero-order chi connectivity index (χ0) is 19.2. The van der Waals surface area contributed by atoms with E-state index >= 15 is 0 Å². The van der Waals surface area contributed by atoms with Gasteiger partial charge in [-0.05, 0) is 24.6 Å². The van der Waals surface area contributed by atoms with E-state index in [1.807, 2.05) is 43.3 Å². The van der Waals surface area contributed by atoms with E-state index in [-0.39, 0.29) is 31.1 Å². The maximum Gasteiger partial charge on any atom is 0.306 e. The van der Waals surface area contributed by atoms with Crippen LogP contribution in [-0.4, -0.2) is 41.5 Å². The van der Waals surface area contributed by atoms with Gasteiger partial charge in [-0.25, -0.2) is 5.01 Å². The summed E-state index contributed by atoms with van der Waals surface area (Å²) in [6.45, 7) is 2.03. The molecule has 1 aromatic heterocycles. The smallest absolute Gasteiger partial charge is 0.306 e. The Balaban J connectivity index is 1.43. The van der Waals surface area contributed by atoms with Gasteiger partial charge in [-0.1, -0.05) is 30.3 Å². The van der Waals surface area contributed by atoms with Crippen molar-refractivity contribution in [3.05, 3.63) is 57.8 Å². The monoisotopic (exact) mass is 384 g/mol. The highest BCUT2D eigenvalue weighted by molar-refractivity contribution is 7.14. The molecule has 0 saturated carbocycles. The van der Waals surface area contributed by atoms with Crippen molar-refractivity contribution < 1.29 is 19.1 Å². The van der Waals surface area contributed by atoms with E-state index in [4.69, 9.17) is 4.74 Å². The zero-order valence-electron chi connectivity index (χ0n) is 15.0. The zero-order valence-corrected chi connectivity index (χ0v) is 15.8. The summed E-state index contributed by atoms with van der Waals surface area (Å²) in [6.07, 6.45) is 0.701. The van der Waals surface area contributed by atoms with Crippen molar-refractivity contribution in [1.82, 2.24) is 5.01 Å². The molecule has 1 aromatic carbocycles. The summed E-state index contributed by atoms with van der Waals surface area (Å²) in [5.74, 6) is -1.01. The number of ketones is 1. The molecule has 0 aliphatic carbocycles. The Labute approximate surface area is 161 Å². The number of amides is 1. The summed E-state index contributed by atoms with van der Waals surface area (Å²) in [5.41, 5.74) is 1.82. The van der Waals surface area contributed by atoms with Gasteiger partial charge in [0.2, 0.25) is 0 Å². The van der Waals surface area contributed by atoms with Crippen LogP contribution in [0.4, 0.5) is 0 Å². The predicted molar refractivity (Wildman–Crippen MR) is 103 cm³/mol. The van der Waals surface area contributed by atoms with Gasteiger partial charge < -0.3 is 4.74 Å². The second-order valence-corrected chi connectivity index (χ2v) is 7.46. The number of hydrogen-bond donors (Lipinski definition) is 0. The lowest BCUT2D eigenvalue weighted by Crippen LogP contribution is -2.28. The molecule has 140 valence electrons. The van der Waals surface area contributed by atoms with Gasteiger partial charge in [-0.3, -0.25) is 14.4 Å². The molecule has 0 atom stereocenters. The fraction of sp³-hybridized carbons (Fsp3) is 0.300. The first-order valence-corrected chi connectivity index (χ1v) is 9.53. The number of ether oxygens (including phenoxy) is 1. The first-order chi connectivity index (χ1) is 13.0. The number of carbonyl (C=O) groups is 3. The third-order valence-corrected chi connectivity index (χ3v) is 5.17. The SMILES string of the molecule is Cc1ccc(C(=O)CCC(=O)OCC(=O)N2CCC(c3ccccc3)=N2)s1. The average Bonchev–Trinajstić information content (AvgIpc) is 3.34. The summed E-state index contributed by atoms with van der Waals surface area (Å²) >= 11 is 1.40. The van der Waals surface area contributed by atoms with Gasteiger partial charge in [0.05, 0.1) is 23.6 Å². The number of carbonyl (C=O) groups excluding carboxylic acids is 3. The fourth-order valence-corrected chi connectivity index (χ4v) is 3.52. The van der Waals surface area contributed by atoms with Crippen molar-refractivity contribution in [1.29, 1.82) is 0 Å². The van der Waals surface area contributed by atoms with Gasteiger partial charge in [-0.15, -0.1) is 11.3 Å². The Kier molecular flexibility index (Phi) is 6.13. The molecule has 2 heterocycles. The number of hydrazone groups is 1. The van der Waals surface area contributed by atoms with Crippen molar-refractivity contribution >= 4 is 34.7 Å².